The Labute approximate surface area is 239 Å². The molecule has 1 aliphatic heterocycles. The van der Waals surface area contributed by atoms with E-state index in [9.17, 15) is 24.1 Å². The van der Waals surface area contributed by atoms with Crippen LogP contribution in [0.1, 0.15) is 31.2 Å². The second-order valence-electron chi connectivity index (χ2n) is 8.60. The van der Waals surface area contributed by atoms with E-state index in [4.69, 9.17) is 32.4 Å². The molecule has 1 aliphatic rings. The Morgan fingerprint density at radius 1 is 1.23 bits per heavy atom. The van der Waals surface area contributed by atoms with Gasteiger partial charge in [-0.1, -0.05) is 46.7 Å². The van der Waals surface area contributed by atoms with Crippen molar-refractivity contribution in [1.82, 2.24) is 4.57 Å². The lowest BCUT2D eigenvalue weighted by Gasteiger charge is -2.24. The number of nitrogens with zero attached hydrogens (tertiary/aromatic N) is 3. The van der Waals surface area contributed by atoms with Crippen molar-refractivity contribution in [3.05, 3.63) is 117 Å². The summed E-state index contributed by atoms with van der Waals surface area (Å²) in [5.41, 5.74) is 0.627. The van der Waals surface area contributed by atoms with Gasteiger partial charge in [-0.3, -0.25) is 19.5 Å². The normalized spacial score (nSPS) is 15.1. The van der Waals surface area contributed by atoms with Crippen LogP contribution < -0.4 is 14.9 Å². The largest absolute Gasteiger partial charge is 0.463 e. The van der Waals surface area contributed by atoms with Crippen LogP contribution in [0.5, 0.6) is 0 Å². The van der Waals surface area contributed by atoms with Gasteiger partial charge in [-0.25, -0.2) is 14.2 Å². The van der Waals surface area contributed by atoms with Crippen LogP contribution in [-0.4, -0.2) is 22.1 Å². The quantitative estimate of drug-likeness (QED) is 0.166. The highest BCUT2D eigenvalue weighted by molar-refractivity contribution is 7.07. The third kappa shape index (κ3) is 4.99. The van der Waals surface area contributed by atoms with Crippen molar-refractivity contribution in [2.24, 2.45) is 4.99 Å². The van der Waals surface area contributed by atoms with E-state index in [0.717, 1.165) is 17.4 Å². The number of hydrogen-bond donors (Lipinski definition) is 0. The van der Waals surface area contributed by atoms with Crippen LogP contribution >= 0.6 is 34.5 Å². The highest BCUT2D eigenvalue weighted by Crippen LogP contribution is 2.37. The van der Waals surface area contributed by atoms with Crippen LogP contribution in [0.2, 0.25) is 10.0 Å². The number of carbonyl (C=O) groups is 1. The zero-order valence-corrected chi connectivity index (χ0v) is 23.1. The minimum Gasteiger partial charge on any atom is -0.463 e. The van der Waals surface area contributed by atoms with Gasteiger partial charge in [0.25, 0.3) is 11.2 Å². The van der Waals surface area contributed by atoms with Crippen molar-refractivity contribution in [1.29, 1.82) is 0 Å². The number of thiazole rings is 1. The summed E-state index contributed by atoms with van der Waals surface area (Å²) in [4.78, 5) is 41.9. The lowest BCUT2D eigenvalue weighted by atomic mass is 9.96. The molecule has 0 N–H and O–H groups in total. The molecule has 4 aromatic rings. The van der Waals surface area contributed by atoms with Crippen LogP contribution in [0.25, 0.3) is 17.4 Å². The van der Waals surface area contributed by atoms with Gasteiger partial charge >= 0.3 is 5.97 Å². The lowest BCUT2D eigenvalue weighted by Crippen LogP contribution is -2.39. The fourth-order valence-electron chi connectivity index (χ4n) is 4.32. The Kier molecular flexibility index (Phi) is 7.45. The van der Waals surface area contributed by atoms with Crippen LogP contribution in [0.15, 0.2) is 74.0 Å². The molecule has 5 rings (SSSR count). The molecule has 0 unspecified atom stereocenters. The highest BCUT2D eigenvalue weighted by atomic mass is 35.5. The predicted molar refractivity (Wildman–Crippen MR) is 148 cm³/mol. The van der Waals surface area contributed by atoms with E-state index in [-0.39, 0.29) is 38.2 Å². The van der Waals surface area contributed by atoms with Gasteiger partial charge in [0.1, 0.15) is 22.4 Å². The number of halogens is 3. The number of nitro benzene ring substituents is 1. The summed E-state index contributed by atoms with van der Waals surface area (Å²) >= 11 is 13.4. The van der Waals surface area contributed by atoms with Crippen molar-refractivity contribution in [2.75, 3.05) is 6.61 Å². The molecule has 2 aromatic heterocycles. The zero-order chi connectivity index (χ0) is 28.7. The highest BCUT2D eigenvalue weighted by Gasteiger charge is 2.33. The van der Waals surface area contributed by atoms with Gasteiger partial charge in [0.05, 0.1) is 38.4 Å². The van der Waals surface area contributed by atoms with E-state index in [0.29, 0.717) is 27.4 Å². The number of carbonyl (C=O) groups excluding carboxylic acids is 1. The summed E-state index contributed by atoms with van der Waals surface area (Å²) < 4.78 is 26.5. The van der Waals surface area contributed by atoms with Crippen molar-refractivity contribution in [3.8, 4) is 11.3 Å². The number of nitro groups is 1. The minimum atomic E-state index is -0.883. The fraction of sp³-hybridized carbons (Fsp3) is 0.148. The van der Waals surface area contributed by atoms with Gasteiger partial charge < -0.3 is 9.15 Å². The third-order valence-electron chi connectivity index (χ3n) is 6.10. The monoisotopic (exact) mass is 601 g/mol. The molecule has 1 atom stereocenters. The molecule has 0 spiro atoms. The Balaban J connectivity index is 1.61. The predicted octanol–water partition coefficient (Wildman–Crippen LogP) is 5.41. The Hall–Kier alpha value is -4.06. The first-order chi connectivity index (χ1) is 19.1. The van der Waals surface area contributed by atoms with Crippen molar-refractivity contribution in [2.45, 2.75) is 19.9 Å². The number of furan rings is 1. The van der Waals surface area contributed by atoms with E-state index in [1.165, 1.54) is 41.0 Å². The lowest BCUT2D eigenvalue weighted by molar-refractivity contribution is -0.384. The molecular weight excluding hydrogens is 584 g/mol. The zero-order valence-electron chi connectivity index (χ0n) is 20.8. The van der Waals surface area contributed by atoms with Crippen molar-refractivity contribution >= 4 is 52.3 Å². The van der Waals surface area contributed by atoms with Gasteiger partial charge in [0.15, 0.2) is 4.80 Å². The van der Waals surface area contributed by atoms with Crippen LogP contribution in [-0.2, 0) is 9.53 Å². The summed E-state index contributed by atoms with van der Waals surface area (Å²) in [6, 6.07) is 10.3. The summed E-state index contributed by atoms with van der Waals surface area (Å²) in [6.45, 7) is 3.45. The molecule has 204 valence electrons. The molecule has 0 amide bonds. The second kappa shape index (κ2) is 10.8. The first kappa shape index (κ1) is 27.5. The van der Waals surface area contributed by atoms with Crippen LogP contribution in [0.3, 0.4) is 0 Å². The molecule has 2 aromatic carbocycles. The van der Waals surface area contributed by atoms with Crippen molar-refractivity contribution in [3.63, 3.8) is 0 Å². The number of hydrogen-bond acceptors (Lipinski definition) is 8. The first-order valence-electron chi connectivity index (χ1n) is 11.8. The molecule has 13 heteroatoms. The first-order valence-corrected chi connectivity index (χ1v) is 13.3. The van der Waals surface area contributed by atoms with E-state index >= 15 is 0 Å². The van der Waals surface area contributed by atoms with E-state index in [2.05, 4.69) is 4.99 Å². The van der Waals surface area contributed by atoms with Gasteiger partial charge in [-0.2, -0.15) is 0 Å². The minimum absolute atomic E-state index is 0.0673. The summed E-state index contributed by atoms with van der Waals surface area (Å²) in [5, 5.41) is 11.1. The molecule has 0 saturated heterocycles. The van der Waals surface area contributed by atoms with Gasteiger partial charge in [0.2, 0.25) is 0 Å². The van der Waals surface area contributed by atoms with E-state index in [1.54, 1.807) is 26.0 Å². The molecule has 3 heterocycles. The molecule has 0 bridgehead atoms. The molecule has 0 aliphatic carbocycles. The van der Waals surface area contributed by atoms with Gasteiger partial charge in [-0.15, -0.1) is 0 Å². The van der Waals surface area contributed by atoms with Crippen LogP contribution in [0, 0.1) is 15.9 Å². The molecule has 0 saturated carbocycles. The fourth-order valence-corrected chi connectivity index (χ4v) is 5.83. The third-order valence-corrected chi connectivity index (χ3v) is 7.70. The SMILES string of the molecule is CCOC(=O)C1=C(C)N=c2sc(=Cc3ccc(-c4cc(Cl)c([N+](=O)[O-])cc4Cl)o3)c(=O)n2[C@H]1c1ccc(F)cc1. The number of benzene rings is 2. The number of rotatable bonds is 6. The Morgan fingerprint density at radius 2 is 1.95 bits per heavy atom. The average Bonchev–Trinajstić information content (AvgIpc) is 3.49. The molecular formula is C27H18Cl2FN3O6S. The molecule has 0 fully saturated rings. The van der Waals surface area contributed by atoms with E-state index in [1.807, 2.05) is 0 Å². The summed E-state index contributed by atoms with van der Waals surface area (Å²) in [7, 11) is 0. The maximum atomic E-state index is 13.7. The summed E-state index contributed by atoms with van der Waals surface area (Å²) in [6.07, 6.45) is 1.51. The maximum absolute atomic E-state index is 13.7. The topological polar surface area (TPSA) is 117 Å². The number of allylic oxidation sites excluding steroid dienone is 1. The maximum Gasteiger partial charge on any atom is 0.338 e. The van der Waals surface area contributed by atoms with Crippen LogP contribution in [0.4, 0.5) is 10.1 Å². The number of esters is 1. The second-order valence-corrected chi connectivity index (χ2v) is 10.4. The Morgan fingerprint density at radius 3 is 2.62 bits per heavy atom. The summed E-state index contributed by atoms with van der Waals surface area (Å²) in [5.74, 6) is -0.504. The smallest absolute Gasteiger partial charge is 0.338 e. The Bertz CT molecular complexity index is 1890. The molecule has 40 heavy (non-hydrogen) atoms. The average molecular weight is 602 g/mol. The van der Waals surface area contributed by atoms with Gasteiger partial charge in [-0.05, 0) is 49.7 Å². The van der Waals surface area contributed by atoms with Crippen molar-refractivity contribution < 1.29 is 23.3 Å². The number of ether oxygens (including phenoxy) is 1. The van der Waals surface area contributed by atoms with Gasteiger partial charge in [0, 0.05) is 17.7 Å². The molecule has 0 radical (unpaired) electrons. The number of fused-ring (bicyclic) bond motifs is 1. The number of aromatic nitrogens is 1. The molecule has 9 nitrogen and oxygen atoms in total. The standard InChI is InChI=1S/C27H18Cl2FN3O6S/c1-3-38-26(35)23-13(2)31-27-32(24(23)14-4-6-15(30)7-5-14)25(34)22(40-27)10-16-8-9-21(39-16)17-11-19(29)20(33(36)37)12-18(17)28/h4-12,24H,3H2,1-2H3/t24-/m0/s1. The van der Waals surface area contributed by atoms with E-state index < -0.39 is 28.3 Å².